The van der Waals surface area contributed by atoms with E-state index in [-0.39, 0.29) is 24.1 Å². The van der Waals surface area contributed by atoms with Gasteiger partial charge in [0.15, 0.2) is 0 Å². The summed E-state index contributed by atoms with van der Waals surface area (Å²) in [7, 11) is 0. The lowest BCUT2D eigenvalue weighted by molar-refractivity contribution is -0.133. The summed E-state index contributed by atoms with van der Waals surface area (Å²) >= 11 is 0. The Kier molecular flexibility index (Phi) is 5.58. The summed E-state index contributed by atoms with van der Waals surface area (Å²) < 4.78 is 5.67. The lowest BCUT2D eigenvalue weighted by Gasteiger charge is -2.35. The van der Waals surface area contributed by atoms with Gasteiger partial charge in [0.1, 0.15) is 0 Å². The van der Waals surface area contributed by atoms with E-state index in [1.807, 2.05) is 43.0 Å². The first-order valence-electron chi connectivity index (χ1n) is 9.09. The van der Waals surface area contributed by atoms with Crippen molar-refractivity contribution >= 4 is 17.6 Å². The van der Waals surface area contributed by atoms with Crippen LogP contribution in [0.2, 0.25) is 0 Å². The summed E-state index contributed by atoms with van der Waals surface area (Å²) in [5, 5.41) is 2.97. The van der Waals surface area contributed by atoms with Crippen LogP contribution in [0.3, 0.4) is 0 Å². The first kappa shape index (κ1) is 17.7. The molecular weight excluding hydrogens is 318 g/mol. The lowest BCUT2D eigenvalue weighted by Crippen LogP contribution is -2.49. The van der Waals surface area contributed by atoms with Gasteiger partial charge in [-0.05, 0) is 44.4 Å². The third kappa shape index (κ3) is 4.72. The molecule has 0 saturated carbocycles. The number of amides is 3. The number of benzene rings is 1. The molecule has 3 amide bonds. The monoisotopic (exact) mass is 345 g/mol. The van der Waals surface area contributed by atoms with E-state index in [1.165, 1.54) is 0 Å². The highest BCUT2D eigenvalue weighted by Crippen LogP contribution is 2.18. The van der Waals surface area contributed by atoms with Crippen LogP contribution in [0, 0.1) is 0 Å². The predicted molar refractivity (Wildman–Crippen MR) is 96.3 cm³/mol. The number of rotatable bonds is 3. The number of hydrogen-bond donors (Lipinski definition) is 1. The van der Waals surface area contributed by atoms with Crippen LogP contribution in [0.4, 0.5) is 10.5 Å². The Hall–Kier alpha value is -2.08. The van der Waals surface area contributed by atoms with Crippen LogP contribution >= 0.6 is 0 Å². The van der Waals surface area contributed by atoms with E-state index in [0.717, 1.165) is 30.6 Å². The molecule has 1 aromatic carbocycles. The fraction of sp³-hybridized carbons (Fsp3) is 0.579. The Bertz CT molecular complexity index is 624. The molecular formula is C19H27N3O3. The molecule has 0 radical (unpaired) electrons. The maximum atomic E-state index is 12.5. The summed E-state index contributed by atoms with van der Waals surface area (Å²) in [6.45, 7) is 6.57. The predicted octanol–water partition coefficient (Wildman–Crippen LogP) is 2.84. The molecule has 0 spiro atoms. The highest BCUT2D eigenvalue weighted by molar-refractivity contribution is 5.89. The standard InChI is InChI=1S/C19H27N3O3/c1-14-11-22(12-15(2)25-14)19(24)20-17-7-5-6-16(10-17)13-21-9-4-3-8-18(21)23/h5-7,10,14-15H,3-4,8-9,11-13H2,1-2H3,(H,20,24)/t14-,15+. The van der Waals surface area contributed by atoms with E-state index >= 15 is 0 Å². The number of ether oxygens (including phenoxy) is 1. The second-order valence-corrected chi connectivity index (χ2v) is 7.07. The molecule has 25 heavy (non-hydrogen) atoms. The van der Waals surface area contributed by atoms with Gasteiger partial charge in [-0.2, -0.15) is 0 Å². The van der Waals surface area contributed by atoms with E-state index in [0.29, 0.717) is 26.1 Å². The molecule has 0 unspecified atom stereocenters. The minimum atomic E-state index is -0.104. The summed E-state index contributed by atoms with van der Waals surface area (Å²) in [4.78, 5) is 28.2. The highest BCUT2D eigenvalue weighted by atomic mass is 16.5. The summed E-state index contributed by atoms with van der Waals surface area (Å²) in [6, 6.07) is 7.65. The Morgan fingerprint density at radius 3 is 2.72 bits per heavy atom. The fourth-order valence-corrected chi connectivity index (χ4v) is 3.54. The van der Waals surface area contributed by atoms with Crippen LogP contribution in [-0.2, 0) is 16.1 Å². The van der Waals surface area contributed by atoms with Gasteiger partial charge in [0.25, 0.3) is 0 Å². The van der Waals surface area contributed by atoms with Crippen molar-refractivity contribution < 1.29 is 14.3 Å². The van der Waals surface area contributed by atoms with Gasteiger partial charge in [-0.25, -0.2) is 4.79 Å². The van der Waals surface area contributed by atoms with Crippen LogP contribution in [0.15, 0.2) is 24.3 Å². The number of likely N-dealkylation sites (tertiary alicyclic amines) is 1. The van der Waals surface area contributed by atoms with E-state index in [9.17, 15) is 9.59 Å². The molecule has 1 N–H and O–H groups in total. The minimum Gasteiger partial charge on any atom is -0.372 e. The zero-order chi connectivity index (χ0) is 17.8. The summed E-state index contributed by atoms with van der Waals surface area (Å²) in [5.41, 5.74) is 1.80. The number of nitrogens with zero attached hydrogens (tertiary/aromatic N) is 2. The normalized spacial score (nSPS) is 24.3. The van der Waals surface area contributed by atoms with Gasteiger partial charge in [0.05, 0.1) is 12.2 Å². The second-order valence-electron chi connectivity index (χ2n) is 7.07. The van der Waals surface area contributed by atoms with Crippen molar-refractivity contribution in [2.24, 2.45) is 0 Å². The first-order chi connectivity index (χ1) is 12.0. The number of morpholine rings is 1. The van der Waals surface area contributed by atoms with Gasteiger partial charge in [-0.15, -0.1) is 0 Å². The van der Waals surface area contributed by atoms with Crippen LogP contribution in [-0.4, -0.2) is 53.6 Å². The zero-order valence-corrected chi connectivity index (χ0v) is 15.0. The van der Waals surface area contributed by atoms with Crippen molar-refractivity contribution in [3.05, 3.63) is 29.8 Å². The van der Waals surface area contributed by atoms with Gasteiger partial charge >= 0.3 is 6.03 Å². The van der Waals surface area contributed by atoms with Crippen LogP contribution in [0.1, 0.15) is 38.7 Å². The average Bonchev–Trinajstić information content (AvgIpc) is 2.56. The van der Waals surface area contributed by atoms with Gasteiger partial charge in [0.2, 0.25) is 5.91 Å². The van der Waals surface area contributed by atoms with Gasteiger partial charge in [-0.3, -0.25) is 4.79 Å². The van der Waals surface area contributed by atoms with Crippen molar-refractivity contribution in [2.45, 2.75) is 51.9 Å². The molecule has 2 fully saturated rings. The molecule has 1 aromatic rings. The molecule has 2 aliphatic heterocycles. The number of carbonyl (C=O) groups excluding carboxylic acids is 2. The molecule has 0 bridgehead atoms. The smallest absolute Gasteiger partial charge is 0.322 e. The van der Waals surface area contributed by atoms with E-state index in [4.69, 9.17) is 4.74 Å². The SMILES string of the molecule is C[C@@H]1CN(C(=O)Nc2cccc(CN3CCCCC3=O)c2)C[C@H](C)O1. The Morgan fingerprint density at radius 1 is 1.24 bits per heavy atom. The topological polar surface area (TPSA) is 61.9 Å². The van der Waals surface area contributed by atoms with Gasteiger partial charge in [-0.1, -0.05) is 12.1 Å². The van der Waals surface area contributed by atoms with Crippen molar-refractivity contribution in [1.29, 1.82) is 0 Å². The number of hydrogen-bond acceptors (Lipinski definition) is 3. The number of piperidine rings is 1. The van der Waals surface area contributed by atoms with E-state index < -0.39 is 0 Å². The molecule has 3 rings (SSSR count). The maximum Gasteiger partial charge on any atom is 0.322 e. The average molecular weight is 345 g/mol. The molecule has 6 heteroatoms. The van der Waals surface area contributed by atoms with E-state index in [2.05, 4.69) is 5.32 Å². The second kappa shape index (κ2) is 7.87. The van der Waals surface area contributed by atoms with Crippen molar-refractivity contribution in [3.8, 4) is 0 Å². The number of anilines is 1. The van der Waals surface area contributed by atoms with Crippen molar-refractivity contribution in [2.75, 3.05) is 25.0 Å². The molecule has 0 aromatic heterocycles. The lowest BCUT2D eigenvalue weighted by atomic mass is 10.1. The summed E-state index contributed by atoms with van der Waals surface area (Å²) in [5.74, 6) is 0.219. The number of urea groups is 1. The molecule has 2 aliphatic rings. The van der Waals surface area contributed by atoms with Crippen LogP contribution < -0.4 is 5.32 Å². The fourth-order valence-electron chi connectivity index (χ4n) is 3.54. The Balaban J connectivity index is 1.61. The molecule has 6 nitrogen and oxygen atoms in total. The van der Waals surface area contributed by atoms with Crippen molar-refractivity contribution in [3.63, 3.8) is 0 Å². The quantitative estimate of drug-likeness (QED) is 0.916. The van der Waals surface area contributed by atoms with Crippen LogP contribution in [0.25, 0.3) is 0 Å². The summed E-state index contributed by atoms with van der Waals surface area (Å²) in [6.07, 6.45) is 2.79. The van der Waals surface area contributed by atoms with Gasteiger partial charge < -0.3 is 19.9 Å². The minimum absolute atomic E-state index is 0.0472. The largest absolute Gasteiger partial charge is 0.372 e. The number of nitrogens with one attached hydrogen (secondary N) is 1. The Labute approximate surface area is 149 Å². The Morgan fingerprint density at radius 2 is 2.00 bits per heavy atom. The molecule has 136 valence electrons. The van der Waals surface area contributed by atoms with Crippen molar-refractivity contribution in [1.82, 2.24) is 9.80 Å². The first-order valence-corrected chi connectivity index (χ1v) is 9.09. The third-order valence-corrected chi connectivity index (χ3v) is 4.68. The van der Waals surface area contributed by atoms with E-state index in [1.54, 1.807) is 4.90 Å². The molecule has 0 aliphatic carbocycles. The molecule has 2 heterocycles. The van der Waals surface area contributed by atoms with Gasteiger partial charge in [0, 0.05) is 38.3 Å². The maximum absolute atomic E-state index is 12.5. The highest BCUT2D eigenvalue weighted by Gasteiger charge is 2.26. The number of carbonyl (C=O) groups is 2. The third-order valence-electron chi connectivity index (χ3n) is 4.68. The van der Waals surface area contributed by atoms with Crippen LogP contribution in [0.5, 0.6) is 0 Å². The molecule has 2 saturated heterocycles. The molecule has 2 atom stereocenters. The zero-order valence-electron chi connectivity index (χ0n) is 15.0.